The third-order valence-corrected chi connectivity index (χ3v) is 3.12. The molecule has 23 heavy (non-hydrogen) atoms. The zero-order valence-electron chi connectivity index (χ0n) is 11.3. The average molecular weight is 323 g/mol. The zero-order chi connectivity index (χ0) is 16.6. The molecule has 0 amide bonds. The number of nitrogens with zero attached hydrogens (tertiary/aromatic N) is 1. The van der Waals surface area contributed by atoms with Gasteiger partial charge in [-0.1, -0.05) is 0 Å². The van der Waals surface area contributed by atoms with Gasteiger partial charge in [-0.3, -0.25) is 10.1 Å². The van der Waals surface area contributed by atoms with Crippen molar-refractivity contribution in [2.75, 3.05) is 0 Å². The number of alkyl halides is 3. The van der Waals surface area contributed by atoms with Crippen molar-refractivity contribution in [3.05, 3.63) is 64.4 Å². The molecule has 0 spiro atoms. The average Bonchev–Trinajstić information content (AvgIpc) is 2.94. The highest BCUT2D eigenvalue weighted by Gasteiger charge is 2.30. The van der Waals surface area contributed by atoms with Gasteiger partial charge in [0.25, 0.3) is 0 Å². The Hall–Kier alpha value is -3.03. The summed E-state index contributed by atoms with van der Waals surface area (Å²) in [7, 11) is 0. The Morgan fingerprint density at radius 1 is 1.04 bits per heavy atom. The third kappa shape index (κ3) is 2.96. The summed E-state index contributed by atoms with van der Waals surface area (Å²) in [6, 6.07) is 8.23. The van der Waals surface area contributed by atoms with Crippen LogP contribution in [0, 0.1) is 10.1 Å². The maximum atomic E-state index is 12.5. The van der Waals surface area contributed by atoms with Gasteiger partial charge in [-0.2, -0.15) is 13.2 Å². The van der Waals surface area contributed by atoms with Crippen molar-refractivity contribution < 1.29 is 27.2 Å². The van der Waals surface area contributed by atoms with Crippen LogP contribution >= 0.6 is 0 Å². The summed E-state index contributed by atoms with van der Waals surface area (Å²) in [6.07, 6.45) is -3.13. The number of furan rings is 1. The normalized spacial score (nSPS) is 11.6. The SMILES string of the molecule is O=[N+]([O-])c1cc(Oc2ccc(C(F)(F)F)cc2)cc2ccoc12. The minimum Gasteiger partial charge on any atom is -0.457 e. The molecule has 0 saturated carbocycles. The van der Waals surface area contributed by atoms with Crippen LogP contribution in [0.15, 0.2) is 53.1 Å². The van der Waals surface area contributed by atoms with E-state index in [-0.39, 0.29) is 22.8 Å². The van der Waals surface area contributed by atoms with Crippen LogP contribution in [0.5, 0.6) is 11.5 Å². The largest absolute Gasteiger partial charge is 0.457 e. The molecule has 0 fully saturated rings. The molecule has 2 aromatic carbocycles. The first-order valence-corrected chi connectivity index (χ1v) is 6.35. The lowest BCUT2D eigenvalue weighted by molar-refractivity contribution is -0.383. The molecule has 0 radical (unpaired) electrons. The van der Waals surface area contributed by atoms with E-state index in [1.165, 1.54) is 18.4 Å². The Kier molecular flexibility index (Phi) is 3.44. The van der Waals surface area contributed by atoms with Crippen molar-refractivity contribution in [1.82, 2.24) is 0 Å². The number of nitro groups is 1. The summed E-state index contributed by atoms with van der Waals surface area (Å²) in [5.41, 5.74) is -0.981. The van der Waals surface area contributed by atoms with Crippen LogP contribution in [0.3, 0.4) is 0 Å². The van der Waals surface area contributed by atoms with Gasteiger partial charge in [0.15, 0.2) is 0 Å². The van der Waals surface area contributed by atoms with Crippen LogP contribution in [0.2, 0.25) is 0 Å². The number of ether oxygens (including phenoxy) is 1. The van der Waals surface area contributed by atoms with E-state index in [1.54, 1.807) is 0 Å². The third-order valence-electron chi connectivity index (χ3n) is 3.12. The van der Waals surface area contributed by atoms with E-state index in [4.69, 9.17) is 9.15 Å². The molecule has 1 aromatic heterocycles. The summed E-state index contributed by atoms with van der Waals surface area (Å²) in [5, 5.41) is 11.5. The number of halogens is 3. The molecule has 3 aromatic rings. The van der Waals surface area contributed by atoms with Crippen molar-refractivity contribution in [3.8, 4) is 11.5 Å². The summed E-state index contributed by atoms with van der Waals surface area (Å²) < 4.78 is 48.0. The number of hydrogen-bond acceptors (Lipinski definition) is 4. The van der Waals surface area contributed by atoms with E-state index in [0.717, 1.165) is 30.3 Å². The van der Waals surface area contributed by atoms with Crippen molar-refractivity contribution in [3.63, 3.8) is 0 Å². The molecule has 5 nitrogen and oxygen atoms in total. The van der Waals surface area contributed by atoms with Gasteiger partial charge in [0.1, 0.15) is 11.5 Å². The van der Waals surface area contributed by atoms with Gasteiger partial charge in [0.05, 0.1) is 22.8 Å². The maximum Gasteiger partial charge on any atom is 0.416 e. The number of hydrogen-bond donors (Lipinski definition) is 0. The molecule has 8 heteroatoms. The predicted octanol–water partition coefficient (Wildman–Crippen LogP) is 5.15. The second-order valence-corrected chi connectivity index (χ2v) is 4.66. The highest BCUT2D eigenvalue weighted by molar-refractivity contribution is 5.87. The Labute approximate surface area is 127 Å². The summed E-state index contributed by atoms with van der Waals surface area (Å²) in [4.78, 5) is 10.4. The second kappa shape index (κ2) is 5.31. The van der Waals surface area contributed by atoms with E-state index in [9.17, 15) is 23.3 Å². The van der Waals surface area contributed by atoms with Crippen LogP contribution in [0.25, 0.3) is 11.0 Å². The molecular weight excluding hydrogens is 315 g/mol. The van der Waals surface area contributed by atoms with E-state index in [0.29, 0.717) is 5.39 Å². The first-order chi connectivity index (χ1) is 10.8. The van der Waals surface area contributed by atoms with E-state index < -0.39 is 16.7 Å². The van der Waals surface area contributed by atoms with Gasteiger partial charge in [0, 0.05) is 5.39 Å². The standard InChI is InChI=1S/C15H8F3NO4/c16-15(17,18)10-1-3-11(4-2-10)23-12-7-9-5-6-22-14(9)13(8-12)19(20)21/h1-8H. The van der Waals surface area contributed by atoms with Gasteiger partial charge < -0.3 is 9.15 Å². The minimum absolute atomic E-state index is 0.106. The highest BCUT2D eigenvalue weighted by atomic mass is 19.4. The Morgan fingerprint density at radius 2 is 1.74 bits per heavy atom. The molecule has 0 N–H and O–H groups in total. The minimum atomic E-state index is -4.44. The van der Waals surface area contributed by atoms with Gasteiger partial charge >= 0.3 is 11.9 Å². The van der Waals surface area contributed by atoms with Crippen LogP contribution in [0.4, 0.5) is 18.9 Å². The van der Waals surface area contributed by atoms with Gasteiger partial charge in [-0.05, 0) is 36.4 Å². The molecule has 0 atom stereocenters. The molecule has 118 valence electrons. The maximum absolute atomic E-state index is 12.5. The van der Waals surface area contributed by atoms with Gasteiger partial charge in [-0.25, -0.2) is 0 Å². The van der Waals surface area contributed by atoms with Crippen LogP contribution in [0.1, 0.15) is 5.56 Å². The van der Waals surface area contributed by atoms with E-state index >= 15 is 0 Å². The molecule has 0 saturated heterocycles. The van der Waals surface area contributed by atoms with Gasteiger partial charge in [-0.15, -0.1) is 0 Å². The lowest BCUT2D eigenvalue weighted by Crippen LogP contribution is -2.04. The van der Waals surface area contributed by atoms with E-state index in [2.05, 4.69) is 0 Å². The Morgan fingerprint density at radius 3 is 2.35 bits per heavy atom. The second-order valence-electron chi connectivity index (χ2n) is 4.66. The monoisotopic (exact) mass is 323 g/mol. The number of fused-ring (bicyclic) bond motifs is 1. The summed E-state index contributed by atoms with van der Waals surface area (Å²) in [6.45, 7) is 0. The molecule has 0 unspecified atom stereocenters. The highest BCUT2D eigenvalue weighted by Crippen LogP contribution is 2.35. The van der Waals surface area contributed by atoms with Crippen molar-refractivity contribution in [1.29, 1.82) is 0 Å². The fraction of sp³-hybridized carbons (Fsp3) is 0.0667. The Balaban J connectivity index is 1.94. The van der Waals surface area contributed by atoms with Crippen molar-refractivity contribution in [2.24, 2.45) is 0 Å². The summed E-state index contributed by atoms with van der Waals surface area (Å²) in [5.74, 6) is 0.264. The topological polar surface area (TPSA) is 65.5 Å². The molecular formula is C15H8F3NO4. The smallest absolute Gasteiger partial charge is 0.416 e. The van der Waals surface area contributed by atoms with Gasteiger partial charge in [0.2, 0.25) is 5.58 Å². The molecule has 0 aliphatic rings. The Bertz CT molecular complexity index is 869. The number of nitro benzene ring substituents is 1. The van der Waals surface area contributed by atoms with Crippen molar-refractivity contribution in [2.45, 2.75) is 6.18 Å². The fourth-order valence-corrected chi connectivity index (χ4v) is 2.08. The van der Waals surface area contributed by atoms with Crippen LogP contribution in [-0.4, -0.2) is 4.92 Å². The fourth-order valence-electron chi connectivity index (χ4n) is 2.08. The summed E-state index contributed by atoms with van der Waals surface area (Å²) >= 11 is 0. The number of rotatable bonds is 3. The number of non-ortho nitro benzene ring substituents is 1. The number of benzene rings is 2. The molecule has 3 rings (SSSR count). The lowest BCUT2D eigenvalue weighted by Gasteiger charge is -2.09. The molecule has 0 aliphatic carbocycles. The van der Waals surface area contributed by atoms with Crippen LogP contribution < -0.4 is 4.74 Å². The molecule has 0 bridgehead atoms. The predicted molar refractivity (Wildman–Crippen MR) is 74.4 cm³/mol. The van der Waals surface area contributed by atoms with E-state index in [1.807, 2.05) is 0 Å². The molecule has 0 aliphatic heterocycles. The first-order valence-electron chi connectivity index (χ1n) is 6.35. The molecule has 1 heterocycles. The first kappa shape index (κ1) is 14.9. The zero-order valence-corrected chi connectivity index (χ0v) is 11.3. The van der Waals surface area contributed by atoms with Crippen molar-refractivity contribution >= 4 is 16.7 Å². The van der Waals surface area contributed by atoms with Crippen LogP contribution in [-0.2, 0) is 6.18 Å². The quantitative estimate of drug-likeness (QED) is 0.494. The lowest BCUT2D eigenvalue weighted by atomic mass is 10.2.